The van der Waals surface area contributed by atoms with Crippen LogP contribution in [0.25, 0.3) is 0 Å². The summed E-state index contributed by atoms with van der Waals surface area (Å²) in [5.41, 5.74) is 8.11. The van der Waals surface area contributed by atoms with Crippen molar-refractivity contribution in [1.29, 1.82) is 0 Å². The van der Waals surface area contributed by atoms with Crippen LogP contribution in [0.2, 0.25) is 0 Å². The van der Waals surface area contributed by atoms with E-state index in [1.807, 2.05) is 68.4 Å². The molecule has 0 saturated heterocycles. The Balaban J connectivity index is 1.82. The van der Waals surface area contributed by atoms with Gasteiger partial charge in [-0.1, -0.05) is 59.6 Å². The Kier molecular flexibility index (Phi) is 8.97. The molecular weight excluding hydrogens is 496 g/mol. The Morgan fingerprint density at radius 1 is 1.15 bits per heavy atom. The second kappa shape index (κ2) is 11.7. The molecule has 2 atom stereocenters. The monoisotopic (exact) mass is 530 g/mol. The predicted molar refractivity (Wildman–Crippen MR) is 138 cm³/mol. The summed E-state index contributed by atoms with van der Waals surface area (Å²) in [5.74, 6) is 0.849. The molecule has 1 heterocycles. The van der Waals surface area contributed by atoms with Crippen molar-refractivity contribution in [2.24, 2.45) is 16.9 Å². The van der Waals surface area contributed by atoms with Crippen molar-refractivity contribution in [1.82, 2.24) is 16.1 Å². The number of hydrogen-bond donors (Lipinski definition) is 2. The van der Waals surface area contributed by atoms with Gasteiger partial charge in [0.25, 0.3) is 0 Å². The molecule has 0 unspecified atom stereocenters. The normalized spacial score (nSPS) is 15.6. The van der Waals surface area contributed by atoms with Crippen LogP contribution in [0.1, 0.15) is 51.7 Å². The minimum absolute atomic E-state index is 0.179. The first kappa shape index (κ1) is 26.0. The lowest BCUT2D eigenvalue weighted by Gasteiger charge is -2.29. The van der Waals surface area contributed by atoms with E-state index < -0.39 is 5.60 Å². The number of benzene rings is 2. The fraction of sp³-hybridized carbons (Fsp3) is 0.462. The van der Waals surface area contributed by atoms with E-state index in [0.29, 0.717) is 19.4 Å². The largest absolute Gasteiger partial charge is 0.497 e. The molecule has 184 valence electrons. The Morgan fingerprint density at radius 3 is 2.47 bits per heavy atom. The highest BCUT2D eigenvalue weighted by Crippen LogP contribution is 2.30. The Labute approximate surface area is 211 Å². The summed E-state index contributed by atoms with van der Waals surface area (Å²) in [6.45, 7) is 8.38. The van der Waals surface area contributed by atoms with Crippen LogP contribution in [0.3, 0.4) is 0 Å². The molecule has 0 aromatic heterocycles. The average molecular weight is 531 g/mol. The van der Waals surface area contributed by atoms with Crippen LogP contribution in [0.15, 0.2) is 58.1 Å². The van der Waals surface area contributed by atoms with E-state index in [4.69, 9.17) is 9.47 Å². The summed E-state index contributed by atoms with van der Waals surface area (Å²) in [7, 11) is 1.65. The number of carbonyl (C=O) groups excluding carboxylic acids is 1. The number of ether oxygens (including phenoxy) is 2. The lowest BCUT2D eigenvalue weighted by molar-refractivity contribution is -0.161. The van der Waals surface area contributed by atoms with Gasteiger partial charge < -0.3 is 9.47 Å². The number of hydrazone groups is 1. The van der Waals surface area contributed by atoms with Gasteiger partial charge in [-0.25, -0.2) is 5.53 Å². The Bertz CT molecular complexity index is 988. The molecule has 3 rings (SSSR count). The molecule has 0 spiro atoms. The summed E-state index contributed by atoms with van der Waals surface area (Å²) in [6, 6.07) is 16.0. The van der Waals surface area contributed by atoms with Gasteiger partial charge in [-0.05, 0) is 62.9 Å². The average Bonchev–Trinajstić information content (AvgIpc) is 3.25. The van der Waals surface area contributed by atoms with Gasteiger partial charge in [0.05, 0.1) is 19.6 Å². The first-order chi connectivity index (χ1) is 16.2. The van der Waals surface area contributed by atoms with E-state index in [1.54, 1.807) is 7.11 Å². The minimum Gasteiger partial charge on any atom is -0.497 e. The quantitative estimate of drug-likeness (QED) is 0.410. The third kappa shape index (κ3) is 7.21. The van der Waals surface area contributed by atoms with Gasteiger partial charge in [-0.3, -0.25) is 10.2 Å². The molecule has 8 heteroatoms. The number of nitrogens with one attached hydrogen (secondary N) is 2. The first-order valence-corrected chi connectivity index (χ1v) is 12.5. The highest BCUT2D eigenvalue weighted by molar-refractivity contribution is 9.10. The van der Waals surface area contributed by atoms with Crippen molar-refractivity contribution in [2.45, 2.75) is 59.1 Å². The van der Waals surface area contributed by atoms with E-state index in [-0.39, 0.29) is 17.8 Å². The minimum atomic E-state index is -0.551. The van der Waals surface area contributed by atoms with Crippen molar-refractivity contribution in [3.05, 3.63) is 64.1 Å². The topological polar surface area (TPSA) is 75.2 Å². The van der Waals surface area contributed by atoms with Gasteiger partial charge in [-0.15, -0.1) is 10.2 Å². The number of halogens is 1. The lowest BCUT2D eigenvalue weighted by Crippen LogP contribution is -2.46. The van der Waals surface area contributed by atoms with Gasteiger partial charge in [0, 0.05) is 10.4 Å². The number of amidine groups is 1. The van der Waals surface area contributed by atoms with Crippen molar-refractivity contribution >= 4 is 27.7 Å². The van der Waals surface area contributed by atoms with Crippen LogP contribution in [0.5, 0.6) is 5.75 Å². The van der Waals surface area contributed by atoms with Crippen LogP contribution in [0.4, 0.5) is 0 Å². The predicted octanol–water partition coefficient (Wildman–Crippen LogP) is 5.21. The molecule has 2 aromatic rings. The summed E-state index contributed by atoms with van der Waals surface area (Å²) < 4.78 is 12.1. The fourth-order valence-electron chi connectivity index (χ4n) is 3.96. The van der Waals surface area contributed by atoms with Crippen molar-refractivity contribution < 1.29 is 14.3 Å². The molecule has 2 N–H and O–H groups in total. The summed E-state index contributed by atoms with van der Waals surface area (Å²) in [6.07, 6.45) is 2.23. The number of carbonyl (C=O) groups is 1. The number of methoxy groups -OCH3 is 1. The van der Waals surface area contributed by atoms with Gasteiger partial charge in [-0.2, -0.15) is 0 Å². The van der Waals surface area contributed by atoms with Gasteiger partial charge in [0.15, 0.2) is 0 Å². The van der Waals surface area contributed by atoms with Crippen molar-refractivity contribution in [2.75, 3.05) is 7.11 Å². The van der Waals surface area contributed by atoms with E-state index in [1.165, 1.54) is 0 Å². The maximum absolute atomic E-state index is 13.3. The van der Waals surface area contributed by atoms with E-state index >= 15 is 0 Å². The zero-order chi connectivity index (χ0) is 24.7. The fourth-order valence-corrected chi connectivity index (χ4v) is 4.41. The second-order valence-corrected chi connectivity index (χ2v) is 10.3. The standard InChI is InChI=1S/C26H35BrN4O3/c1-6-9-21(25(32)34-26(2,3)4)22(16-19-10-7-8-11-23(19)27)24-28-30-31(29-24)17-18-12-14-20(33-5)15-13-18/h7-8,10-15,21-22,30H,6,9,16-17H2,1-5H3,(H,28,29)/t21-,22-/m1/s1. The lowest BCUT2D eigenvalue weighted by atomic mass is 9.83. The van der Waals surface area contributed by atoms with Crippen LogP contribution in [-0.4, -0.2) is 29.6 Å². The van der Waals surface area contributed by atoms with Gasteiger partial charge >= 0.3 is 5.97 Å². The number of hydrogen-bond acceptors (Lipinski definition) is 7. The molecular formula is C26H35BrN4O3. The number of hydrazine groups is 2. The molecule has 0 radical (unpaired) electrons. The summed E-state index contributed by atoms with van der Waals surface area (Å²) in [5, 5.41) is 6.41. The van der Waals surface area contributed by atoms with Crippen LogP contribution < -0.4 is 15.7 Å². The third-order valence-electron chi connectivity index (χ3n) is 5.58. The molecule has 0 bridgehead atoms. The molecule has 7 nitrogen and oxygen atoms in total. The molecule has 2 aromatic carbocycles. The first-order valence-electron chi connectivity index (χ1n) is 11.7. The van der Waals surface area contributed by atoms with Crippen LogP contribution in [-0.2, 0) is 22.5 Å². The van der Waals surface area contributed by atoms with E-state index in [2.05, 4.69) is 45.0 Å². The Morgan fingerprint density at radius 2 is 1.85 bits per heavy atom. The smallest absolute Gasteiger partial charge is 0.310 e. The molecule has 0 aliphatic carbocycles. The molecule has 34 heavy (non-hydrogen) atoms. The van der Waals surface area contributed by atoms with E-state index in [9.17, 15) is 4.79 Å². The highest BCUT2D eigenvalue weighted by atomic mass is 79.9. The SMILES string of the molecule is CCC[C@@H](C(=O)OC(C)(C)C)[C@@H](Cc1ccccc1Br)C1=NNN(Cc2ccc(OC)cc2)N1. The van der Waals surface area contributed by atoms with Crippen LogP contribution >= 0.6 is 15.9 Å². The van der Waals surface area contributed by atoms with Gasteiger partial charge in [0.1, 0.15) is 17.2 Å². The highest BCUT2D eigenvalue weighted by Gasteiger charge is 2.37. The number of rotatable bonds is 10. The molecule has 1 aliphatic heterocycles. The zero-order valence-corrected chi connectivity index (χ0v) is 22.2. The van der Waals surface area contributed by atoms with Crippen molar-refractivity contribution in [3.8, 4) is 5.75 Å². The Hall–Kier alpha value is -2.58. The molecule has 0 fully saturated rings. The number of esters is 1. The maximum Gasteiger partial charge on any atom is 0.310 e. The van der Waals surface area contributed by atoms with Crippen molar-refractivity contribution in [3.63, 3.8) is 0 Å². The van der Waals surface area contributed by atoms with E-state index in [0.717, 1.165) is 33.6 Å². The molecule has 0 amide bonds. The molecule has 1 aliphatic rings. The molecule has 0 saturated carbocycles. The summed E-state index contributed by atoms with van der Waals surface area (Å²) in [4.78, 5) is 13.3. The van der Waals surface area contributed by atoms with Crippen LogP contribution in [0, 0.1) is 11.8 Å². The summed E-state index contributed by atoms with van der Waals surface area (Å²) >= 11 is 3.66. The third-order valence-corrected chi connectivity index (χ3v) is 6.36. The second-order valence-electron chi connectivity index (χ2n) is 9.47. The number of nitrogens with zero attached hydrogens (tertiary/aromatic N) is 2. The zero-order valence-electron chi connectivity index (χ0n) is 20.6. The maximum atomic E-state index is 13.3. The van der Waals surface area contributed by atoms with Gasteiger partial charge in [0.2, 0.25) is 0 Å².